The summed E-state index contributed by atoms with van der Waals surface area (Å²) in [5.74, 6) is -0.158. The van der Waals surface area contributed by atoms with Crippen LogP contribution in [0.25, 0.3) is 0 Å². The van der Waals surface area contributed by atoms with Gasteiger partial charge in [-0.25, -0.2) is 4.98 Å². The van der Waals surface area contributed by atoms with Gasteiger partial charge in [0.05, 0.1) is 5.01 Å². The number of aliphatic hydroxyl groups excluding tert-OH is 1. The highest BCUT2D eigenvalue weighted by molar-refractivity contribution is 7.09. The third-order valence-electron chi connectivity index (χ3n) is 3.76. The van der Waals surface area contributed by atoms with Crippen molar-refractivity contribution in [1.82, 2.24) is 10.3 Å². The monoisotopic (exact) mass is 318 g/mol. The van der Waals surface area contributed by atoms with Crippen LogP contribution in [0.1, 0.15) is 40.5 Å². The van der Waals surface area contributed by atoms with Crippen LogP contribution in [-0.2, 0) is 6.42 Å². The Bertz CT molecular complexity index is 622. The van der Waals surface area contributed by atoms with Gasteiger partial charge in [-0.3, -0.25) is 4.79 Å². The van der Waals surface area contributed by atoms with Crippen molar-refractivity contribution in [2.24, 2.45) is 5.92 Å². The van der Waals surface area contributed by atoms with Crippen LogP contribution < -0.4 is 5.32 Å². The van der Waals surface area contributed by atoms with E-state index < -0.39 is 0 Å². The van der Waals surface area contributed by atoms with Crippen molar-refractivity contribution < 1.29 is 9.90 Å². The first kappa shape index (κ1) is 16.6. The van der Waals surface area contributed by atoms with Crippen LogP contribution in [-0.4, -0.2) is 28.6 Å². The second-order valence-corrected chi connectivity index (χ2v) is 6.65. The zero-order valence-corrected chi connectivity index (χ0v) is 14.0. The molecule has 4 nitrogen and oxygen atoms in total. The molecule has 22 heavy (non-hydrogen) atoms. The van der Waals surface area contributed by atoms with E-state index in [4.69, 9.17) is 5.11 Å². The van der Waals surface area contributed by atoms with Crippen LogP contribution in [0, 0.1) is 12.8 Å². The SMILES string of the molecule is Cc1ccc(Cc2nc(C(=O)NC(C)C(C)CO)cs2)cc1. The van der Waals surface area contributed by atoms with E-state index in [2.05, 4.69) is 41.5 Å². The van der Waals surface area contributed by atoms with Crippen molar-refractivity contribution in [1.29, 1.82) is 0 Å². The fourth-order valence-corrected chi connectivity index (χ4v) is 2.77. The Kier molecular flexibility index (Phi) is 5.69. The van der Waals surface area contributed by atoms with Crippen LogP contribution in [0.3, 0.4) is 0 Å². The summed E-state index contributed by atoms with van der Waals surface area (Å²) in [6, 6.07) is 8.24. The lowest BCUT2D eigenvalue weighted by atomic mass is 10.1. The lowest BCUT2D eigenvalue weighted by Gasteiger charge is -2.18. The normalized spacial score (nSPS) is 13.6. The smallest absolute Gasteiger partial charge is 0.270 e. The molecular formula is C17H22N2O2S. The lowest BCUT2D eigenvalue weighted by Crippen LogP contribution is -2.38. The van der Waals surface area contributed by atoms with E-state index >= 15 is 0 Å². The maximum absolute atomic E-state index is 12.1. The molecule has 2 rings (SSSR count). The van der Waals surface area contributed by atoms with E-state index in [1.807, 2.05) is 13.8 Å². The molecule has 0 aliphatic heterocycles. The van der Waals surface area contributed by atoms with Gasteiger partial charge in [0.2, 0.25) is 0 Å². The third-order valence-corrected chi connectivity index (χ3v) is 4.61. The standard InChI is InChI=1S/C17H22N2O2S/c1-11-4-6-14(7-5-11)8-16-19-15(10-22-16)17(21)18-13(3)12(2)9-20/h4-7,10,12-13,20H,8-9H2,1-3H3,(H,18,21). The molecule has 1 aromatic carbocycles. The predicted octanol–water partition coefficient (Wildman–Crippen LogP) is 2.79. The molecule has 0 aliphatic carbocycles. The largest absolute Gasteiger partial charge is 0.396 e. The van der Waals surface area contributed by atoms with Gasteiger partial charge in [-0.1, -0.05) is 36.8 Å². The number of nitrogens with one attached hydrogen (secondary N) is 1. The molecule has 2 atom stereocenters. The number of hydrogen-bond acceptors (Lipinski definition) is 4. The van der Waals surface area contributed by atoms with E-state index in [1.165, 1.54) is 22.5 Å². The summed E-state index contributed by atoms with van der Waals surface area (Å²) >= 11 is 1.50. The van der Waals surface area contributed by atoms with Crippen LogP contribution in [0.4, 0.5) is 0 Å². The van der Waals surface area contributed by atoms with Gasteiger partial charge in [-0.15, -0.1) is 11.3 Å². The van der Waals surface area contributed by atoms with Crippen molar-refractivity contribution in [3.8, 4) is 0 Å². The number of aromatic nitrogens is 1. The third kappa shape index (κ3) is 4.39. The van der Waals surface area contributed by atoms with Gasteiger partial charge in [-0.2, -0.15) is 0 Å². The summed E-state index contributed by atoms with van der Waals surface area (Å²) in [4.78, 5) is 16.5. The molecule has 1 aromatic heterocycles. The average Bonchev–Trinajstić information content (AvgIpc) is 2.97. The first-order valence-electron chi connectivity index (χ1n) is 7.41. The molecule has 0 bridgehead atoms. The number of nitrogens with zero attached hydrogens (tertiary/aromatic N) is 1. The van der Waals surface area contributed by atoms with Crippen molar-refractivity contribution in [3.63, 3.8) is 0 Å². The highest BCUT2D eigenvalue weighted by atomic mass is 32.1. The highest BCUT2D eigenvalue weighted by Crippen LogP contribution is 2.16. The molecule has 5 heteroatoms. The molecule has 0 spiro atoms. The maximum atomic E-state index is 12.1. The number of hydrogen-bond donors (Lipinski definition) is 2. The minimum absolute atomic E-state index is 0.0228. The van der Waals surface area contributed by atoms with Crippen LogP contribution in [0.15, 0.2) is 29.6 Å². The van der Waals surface area contributed by atoms with Gasteiger partial charge in [0, 0.05) is 24.4 Å². The van der Waals surface area contributed by atoms with E-state index in [-0.39, 0.29) is 24.5 Å². The van der Waals surface area contributed by atoms with Crippen LogP contribution >= 0.6 is 11.3 Å². The number of benzene rings is 1. The Morgan fingerprint density at radius 2 is 2.00 bits per heavy atom. The van der Waals surface area contributed by atoms with E-state index in [0.29, 0.717) is 5.69 Å². The van der Waals surface area contributed by atoms with Crippen molar-refractivity contribution in [3.05, 3.63) is 51.5 Å². The maximum Gasteiger partial charge on any atom is 0.270 e. The van der Waals surface area contributed by atoms with Crippen molar-refractivity contribution in [2.45, 2.75) is 33.2 Å². The Balaban J connectivity index is 1.98. The number of amides is 1. The molecule has 2 unspecified atom stereocenters. The van der Waals surface area contributed by atoms with Crippen molar-refractivity contribution >= 4 is 17.2 Å². The summed E-state index contributed by atoms with van der Waals surface area (Å²) in [5.41, 5.74) is 2.87. The Morgan fingerprint density at radius 1 is 1.32 bits per heavy atom. The number of thiazole rings is 1. The molecular weight excluding hydrogens is 296 g/mol. The quantitative estimate of drug-likeness (QED) is 0.861. The van der Waals surface area contributed by atoms with Crippen LogP contribution in [0.2, 0.25) is 0 Å². The molecule has 0 saturated carbocycles. The fourth-order valence-electron chi connectivity index (χ4n) is 1.96. The van der Waals surface area contributed by atoms with E-state index in [0.717, 1.165) is 11.4 Å². The molecule has 0 saturated heterocycles. The number of carbonyl (C=O) groups excluding carboxylic acids is 1. The van der Waals surface area contributed by atoms with E-state index in [1.54, 1.807) is 5.38 Å². The van der Waals surface area contributed by atoms with Gasteiger partial charge < -0.3 is 10.4 Å². The minimum Gasteiger partial charge on any atom is -0.396 e. The summed E-state index contributed by atoms with van der Waals surface area (Å²) in [5, 5.41) is 14.7. The molecule has 1 amide bonds. The number of rotatable bonds is 6. The van der Waals surface area contributed by atoms with E-state index in [9.17, 15) is 4.79 Å². The zero-order chi connectivity index (χ0) is 16.1. The van der Waals surface area contributed by atoms with Crippen LogP contribution in [0.5, 0.6) is 0 Å². The number of carbonyl (C=O) groups is 1. The molecule has 0 fully saturated rings. The summed E-state index contributed by atoms with van der Waals surface area (Å²) in [6.45, 7) is 5.90. The molecule has 2 aromatic rings. The average molecular weight is 318 g/mol. The predicted molar refractivity (Wildman–Crippen MR) is 89.3 cm³/mol. The minimum atomic E-state index is -0.181. The molecule has 0 aliphatic rings. The zero-order valence-electron chi connectivity index (χ0n) is 13.2. The van der Waals surface area contributed by atoms with Gasteiger partial charge >= 0.3 is 0 Å². The lowest BCUT2D eigenvalue weighted by molar-refractivity contribution is 0.0911. The summed E-state index contributed by atoms with van der Waals surface area (Å²) < 4.78 is 0. The molecule has 2 N–H and O–H groups in total. The first-order chi connectivity index (χ1) is 10.5. The highest BCUT2D eigenvalue weighted by Gasteiger charge is 2.17. The number of aryl methyl sites for hydroxylation is 1. The molecule has 1 heterocycles. The van der Waals surface area contributed by atoms with Gasteiger partial charge in [0.15, 0.2) is 0 Å². The Labute approximate surface area is 135 Å². The first-order valence-corrected chi connectivity index (χ1v) is 8.29. The second kappa shape index (κ2) is 7.51. The molecule has 118 valence electrons. The van der Waals surface area contributed by atoms with Crippen molar-refractivity contribution in [2.75, 3.05) is 6.61 Å². The van der Waals surface area contributed by atoms with Gasteiger partial charge in [0.1, 0.15) is 5.69 Å². The topological polar surface area (TPSA) is 62.2 Å². The fraction of sp³-hybridized carbons (Fsp3) is 0.412. The number of aliphatic hydroxyl groups is 1. The van der Waals surface area contributed by atoms with Gasteiger partial charge in [0.25, 0.3) is 5.91 Å². The molecule has 0 radical (unpaired) electrons. The Morgan fingerprint density at radius 3 is 2.64 bits per heavy atom. The Hall–Kier alpha value is -1.72. The second-order valence-electron chi connectivity index (χ2n) is 5.71. The summed E-state index contributed by atoms with van der Waals surface area (Å²) in [6.07, 6.45) is 0.737. The summed E-state index contributed by atoms with van der Waals surface area (Å²) in [7, 11) is 0. The van der Waals surface area contributed by atoms with Gasteiger partial charge in [-0.05, 0) is 25.3 Å².